The minimum Gasteiger partial charge on any atom is -0.493 e. The lowest BCUT2D eigenvalue weighted by atomic mass is 9.99. The summed E-state index contributed by atoms with van der Waals surface area (Å²) in [4.78, 5) is 4.10. The summed E-state index contributed by atoms with van der Waals surface area (Å²) >= 11 is 0. The minimum absolute atomic E-state index is 0.128. The predicted molar refractivity (Wildman–Crippen MR) is 82.0 cm³/mol. The molecule has 1 aromatic carbocycles. The fourth-order valence-corrected chi connectivity index (χ4v) is 2.21. The molecule has 0 aliphatic carbocycles. The second-order valence-corrected chi connectivity index (χ2v) is 4.62. The summed E-state index contributed by atoms with van der Waals surface area (Å²) in [6, 6.07) is 7.40. The summed E-state index contributed by atoms with van der Waals surface area (Å²) in [7, 11) is 3.22. The summed E-state index contributed by atoms with van der Waals surface area (Å²) in [6.45, 7) is 0. The summed E-state index contributed by atoms with van der Waals surface area (Å²) in [5.74, 6) is 7.04. The van der Waals surface area contributed by atoms with Crippen LogP contribution in [0.25, 0.3) is 0 Å². The summed E-state index contributed by atoms with van der Waals surface area (Å²) in [5.41, 5.74) is 11.3. The zero-order chi connectivity index (χ0) is 15.2. The van der Waals surface area contributed by atoms with Crippen LogP contribution >= 0.6 is 0 Å². The Bertz CT molecular complexity index is 604. The van der Waals surface area contributed by atoms with Gasteiger partial charge in [0.2, 0.25) is 0 Å². The van der Waals surface area contributed by atoms with Crippen LogP contribution < -0.4 is 26.5 Å². The number of anilines is 1. The maximum atomic E-state index is 5.97. The topological polar surface area (TPSA) is 95.4 Å². The number of hydrazine groups is 1. The molecule has 2 aromatic rings. The first-order chi connectivity index (χ1) is 10.2. The number of hydrogen-bond acceptors (Lipinski definition) is 6. The van der Waals surface area contributed by atoms with Gasteiger partial charge in [0, 0.05) is 23.6 Å². The fraction of sp³-hybridized carbons (Fsp3) is 0.267. The molecule has 1 aromatic heterocycles. The molecule has 1 heterocycles. The second kappa shape index (κ2) is 6.92. The third-order valence-corrected chi connectivity index (χ3v) is 3.35. The molecule has 0 saturated heterocycles. The first-order valence-corrected chi connectivity index (χ1v) is 6.56. The van der Waals surface area contributed by atoms with E-state index in [1.165, 1.54) is 0 Å². The van der Waals surface area contributed by atoms with Crippen molar-refractivity contribution in [3.63, 3.8) is 0 Å². The Morgan fingerprint density at radius 1 is 1.19 bits per heavy atom. The molecule has 0 amide bonds. The molecule has 21 heavy (non-hydrogen) atoms. The van der Waals surface area contributed by atoms with E-state index in [-0.39, 0.29) is 6.04 Å². The Morgan fingerprint density at radius 2 is 1.95 bits per heavy atom. The molecule has 0 fully saturated rings. The lowest BCUT2D eigenvalue weighted by molar-refractivity contribution is 0.354. The largest absolute Gasteiger partial charge is 0.493 e. The zero-order valence-electron chi connectivity index (χ0n) is 12.2. The highest BCUT2D eigenvalue weighted by Gasteiger charge is 2.15. The molecule has 0 saturated carbocycles. The van der Waals surface area contributed by atoms with Crippen molar-refractivity contribution in [2.45, 2.75) is 12.5 Å². The van der Waals surface area contributed by atoms with E-state index in [1.807, 2.05) is 18.2 Å². The average molecular weight is 288 g/mol. The lowest BCUT2D eigenvalue weighted by Gasteiger charge is -2.18. The summed E-state index contributed by atoms with van der Waals surface area (Å²) < 4.78 is 10.5. The van der Waals surface area contributed by atoms with E-state index < -0.39 is 0 Å². The van der Waals surface area contributed by atoms with Gasteiger partial charge >= 0.3 is 0 Å². The molecule has 0 aliphatic rings. The van der Waals surface area contributed by atoms with Crippen molar-refractivity contribution >= 4 is 5.69 Å². The smallest absolute Gasteiger partial charge is 0.160 e. The van der Waals surface area contributed by atoms with Gasteiger partial charge in [-0.05, 0) is 30.2 Å². The number of rotatable bonds is 6. The second-order valence-electron chi connectivity index (χ2n) is 4.62. The van der Waals surface area contributed by atoms with Crippen molar-refractivity contribution in [1.29, 1.82) is 0 Å². The number of ether oxygens (including phenoxy) is 2. The van der Waals surface area contributed by atoms with Crippen molar-refractivity contribution in [3.8, 4) is 11.5 Å². The van der Waals surface area contributed by atoms with Gasteiger partial charge in [0.25, 0.3) is 0 Å². The van der Waals surface area contributed by atoms with Crippen molar-refractivity contribution in [2.24, 2.45) is 5.84 Å². The van der Waals surface area contributed by atoms with Crippen molar-refractivity contribution < 1.29 is 9.47 Å². The molecule has 1 unspecified atom stereocenters. The van der Waals surface area contributed by atoms with Crippen LogP contribution in [0.2, 0.25) is 0 Å². The van der Waals surface area contributed by atoms with E-state index in [1.54, 1.807) is 32.7 Å². The average Bonchev–Trinajstić information content (AvgIpc) is 2.53. The monoisotopic (exact) mass is 288 g/mol. The van der Waals surface area contributed by atoms with Gasteiger partial charge < -0.3 is 15.2 Å². The Labute approximate surface area is 124 Å². The highest BCUT2D eigenvalue weighted by atomic mass is 16.5. The SMILES string of the molecule is COc1ccc(CC(NN)c2cnccc2N)cc1OC. The number of hydrogen-bond donors (Lipinski definition) is 3. The first-order valence-electron chi connectivity index (χ1n) is 6.56. The van der Waals surface area contributed by atoms with E-state index in [2.05, 4.69) is 10.4 Å². The van der Waals surface area contributed by atoms with Crippen LogP contribution in [0.5, 0.6) is 11.5 Å². The van der Waals surface area contributed by atoms with Gasteiger partial charge in [-0.3, -0.25) is 16.3 Å². The number of nitrogen functional groups attached to an aromatic ring is 1. The van der Waals surface area contributed by atoms with Gasteiger partial charge in [-0.1, -0.05) is 6.07 Å². The van der Waals surface area contributed by atoms with E-state index in [9.17, 15) is 0 Å². The van der Waals surface area contributed by atoms with Gasteiger partial charge in [0.1, 0.15) is 0 Å². The maximum Gasteiger partial charge on any atom is 0.160 e. The molecule has 1 atom stereocenters. The number of nitrogens with zero attached hydrogens (tertiary/aromatic N) is 1. The summed E-state index contributed by atoms with van der Waals surface area (Å²) in [5, 5.41) is 0. The molecule has 112 valence electrons. The van der Waals surface area contributed by atoms with Crippen LogP contribution in [0, 0.1) is 0 Å². The Hall–Kier alpha value is -2.31. The molecule has 6 heteroatoms. The van der Waals surface area contributed by atoms with Crippen molar-refractivity contribution in [2.75, 3.05) is 20.0 Å². The van der Waals surface area contributed by atoms with Crippen molar-refractivity contribution in [1.82, 2.24) is 10.4 Å². The van der Waals surface area contributed by atoms with Crippen LogP contribution in [-0.2, 0) is 6.42 Å². The number of methoxy groups -OCH3 is 2. The van der Waals surface area contributed by atoms with E-state index in [4.69, 9.17) is 21.1 Å². The van der Waals surface area contributed by atoms with Crippen LogP contribution in [0.4, 0.5) is 5.69 Å². The standard InChI is InChI=1S/C15H20N4O2/c1-20-14-4-3-10(8-15(14)21-2)7-13(19-17)11-9-18-6-5-12(11)16/h3-6,8-9,13,19H,7,17H2,1-2H3,(H2,16,18). The zero-order valence-corrected chi connectivity index (χ0v) is 12.2. The van der Waals surface area contributed by atoms with E-state index in [0.29, 0.717) is 23.6 Å². The van der Waals surface area contributed by atoms with Gasteiger partial charge in [-0.2, -0.15) is 0 Å². The number of nitrogens with two attached hydrogens (primary N) is 2. The molecule has 2 rings (SSSR count). The van der Waals surface area contributed by atoms with Crippen LogP contribution in [0.3, 0.4) is 0 Å². The molecule has 0 aliphatic heterocycles. The fourth-order valence-electron chi connectivity index (χ4n) is 2.21. The third-order valence-electron chi connectivity index (χ3n) is 3.35. The highest BCUT2D eigenvalue weighted by molar-refractivity contribution is 5.48. The quantitative estimate of drug-likeness (QED) is 0.550. The maximum absolute atomic E-state index is 5.97. The highest BCUT2D eigenvalue weighted by Crippen LogP contribution is 2.30. The number of nitrogens with one attached hydrogen (secondary N) is 1. The number of benzene rings is 1. The van der Waals surface area contributed by atoms with Crippen molar-refractivity contribution in [3.05, 3.63) is 47.8 Å². The normalized spacial score (nSPS) is 12.0. The summed E-state index contributed by atoms with van der Waals surface area (Å²) in [6.07, 6.45) is 4.04. The van der Waals surface area contributed by atoms with Gasteiger partial charge in [-0.25, -0.2) is 0 Å². The number of pyridine rings is 1. The Morgan fingerprint density at radius 3 is 2.57 bits per heavy atom. The molecule has 0 bridgehead atoms. The Kier molecular flexibility index (Phi) is 4.97. The van der Waals surface area contributed by atoms with Gasteiger partial charge in [-0.15, -0.1) is 0 Å². The van der Waals surface area contributed by atoms with Crippen LogP contribution in [-0.4, -0.2) is 19.2 Å². The predicted octanol–water partition coefficient (Wildman–Crippen LogP) is 1.43. The molecular formula is C15H20N4O2. The minimum atomic E-state index is -0.128. The third kappa shape index (κ3) is 3.42. The van der Waals surface area contributed by atoms with E-state index in [0.717, 1.165) is 11.1 Å². The number of aromatic nitrogens is 1. The Balaban J connectivity index is 2.25. The van der Waals surface area contributed by atoms with E-state index >= 15 is 0 Å². The molecule has 0 radical (unpaired) electrons. The molecular weight excluding hydrogens is 268 g/mol. The van der Waals surface area contributed by atoms with Crippen LogP contribution in [0.1, 0.15) is 17.2 Å². The molecule has 6 nitrogen and oxygen atoms in total. The van der Waals surface area contributed by atoms with Crippen LogP contribution in [0.15, 0.2) is 36.7 Å². The lowest BCUT2D eigenvalue weighted by Crippen LogP contribution is -2.30. The molecule has 5 N–H and O–H groups in total. The molecule has 0 spiro atoms. The van der Waals surface area contributed by atoms with Gasteiger partial charge in [0.05, 0.1) is 20.3 Å². The first kappa shape index (κ1) is 15.1. The van der Waals surface area contributed by atoms with Gasteiger partial charge in [0.15, 0.2) is 11.5 Å².